The van der Waals surface area contributed by atoms with E-state index >= 15 is 0 Å². The van der Waals surface area contributed by atoms with Crippen LogP contribution in [-0.2, 0) is 6.42 Å². The van der Waals surface area contributed by atoms with Crippen LogP contribution < -0.4 is 5.56 Å². The number of H-pyrrole nitrogens is 1. The molecule has 3 aromatic rings. The van der Waals surface area contributed by atoms with Crippen LogP contribution in [0.5, 0.6) is 0 Å². The number of aromatic nitrogens is 3. The average molecular weight is 297 g/mol. The van der Waals surface area contributed by atoms with E-state index in [2.05, 4.69) is 10.1 Å². The molecule has 3 rings (SSSR count). The second-order valence-corrected chi connectivity index (χ2v) is 4.54. The van der Waals surface area contributed by atoms with Crippen LogP contribution >= 0.6 is 0 Å². The Hall–Kier alpha value is -2.51. The summed E-state index contributed by atoms with van der Waals surface area (Å²) in [5.74, 6) is 0.511. The molecule has 3 aromatic heterocycles. The van der Waals surface area contributed by atoms with Crippen molar-refractivity contribution in [3.63, 3.8) is 0 Å². The maximum Gasteiger partial charge on any atom is 0.389 e. The van der Waals surface area contributed by atoms with Gasteiger partial charge in [-0.25, -0.2) is 9.50 Å². The van der Waals surface area contributed by atoms with Crippen molar-refractivity contribution in [3.05, 3.63) is 46.6 Å². The minimum Gasteiger partial charge on any atom is -0.463 e. The standard InChI is InChI=1S/C13H10F3N3O2/c14-13(15,16)4-3-8-6-12(20)19-11(17-8)7-9(18-19)10-2-1-5-21-10/h1-2,5-7,18H,3-4H2. The van der Waals surface area contributed by atoms with E-state index in [4.69, 9.17) is 4.42 Å². The highest BCUT2D eigenvalue weighted by Crippen LogP contribution is 2.22. The largest absolute Gasteiger partial charge is 0.463 e. The van der Waals surface area contributed by atoms with Crippen molar-refractivity contribution in [2.45, 2.75) is 19.0 Å². The van der Waals surface area contributed by atoms with Crippen LogP contribution in [0.15, 0.2) is 39.7 Å². The lowest BCUT2D eigenvalue weighted by molar-refractivity contribution is -0.134. The Morgan fingerprint density at radius 3 is 2.81 bits per heavy atom. The number of nitrogens with one attached hydrogen (secondary N) is 1. The lowest BCUT2D eigenvalue weighted by atomic mass is 10.2. The third kappa shape index (κ3) is 2.83. The zero-order valence-corrected chi connectivity index (χ0v) is 10.6. The number of nitrogens with zero attached hydrogens (tertiary/aromatic N) is 2. The zero-order valence-electron chi connectivity index (χ0n) is 10.6. The van der Waals surface area contributed by atoms with E-state index in [9.17, 15) is 18.0 Å². The highest BCUT2D eigenvalue weighted by atomic mass is 19.4. The molecule has 8 heteroatoms. The van der Waals surface area contributed by atoms with Crippen molar-refractivity contribution in [1.29, 1.82) is 0 Å². The highest BCUT2D eigenvalue weighted by molar-refractivity contribution is 5.58. The summed E-state index contributed by atoms with van der Waals surface area (Å²) >= 11 is 0. The van der Waals surface area contributed by atoms with Gasteiger partial charge < -0.3 is 4.42 Å². The number of fused-ring (bicyclic) bond motifs is 1. The molecule has 0 aliphatic rings. The minimum absolute atomic E-state index is 0.113. The Balaban J connectivity index is 1.98. The van der Waals surface area contributed by atoms with E-state index in [1.165, 1.54) is 6.26 Å². The fraction of sp³-hybridized carbons (Fsp3) is 0.231. The molecular formula is C13H10F3N3O2. The summed E-state index contributed by atoms with van der Waals surface area (Å²) in [6, 6.07) is 6.03. The number of hydrogen-bond acceptors (Lipinski definition) is 3. The molecule has 110 valence electrons. The predicted octanol–water partition coefficient (Wildman–Crippen LogP) is 2.78. The first-order chi connectivity index (χ1) is 9.92. The molecule has 0 bridgehead atoms. The van der Waals surface area contributed by atoms with E-state index in [1.807, 2.05) is 0 Å². The molecule has 0 spiro atoms. The van der Waals surface area contributed by atoms with Gasteiger partial charge in [0.05, 0.1) is 6.26 Å². The maximum atomic E-state index is 12.2. The maximum absolute atomic E-state index is 12.2. The summed E-state index contributed by atoms with van der Waals surface area (Å²) in [7, 11) is 0. The van der Waals surface area contributed by atoms with Crippen LogP contribution in [0.3, 0.4) is 0 Å². The molecule has 0 aliphatic carbocycles. The van der Waals surface area contributed by atoms with Gasteiger partial charge in [-0.15, -0.1) is 0 Å². The molecule has 3 heterocycles. The smallest absolute Gasteiger partial charge is 0.389 e. The molecule has 5 nitrogen and oxygen atoms in total. The van der Waals surface area contributed by atoms with Gasteiger partial charge in [0, 0.05) is 24.2 Å². The fourth-order valence-corrected chi connectivity index (χ4v) is 2.00. The first kappa shape index (κ1) is 13.5. The quantitative estimate of drug-likeness (QED) is 0.808. The Bertz CT molecular complexity index is 815. The first-order valence-electron chi connectivity index (χ1n) is 6.15. The molecule has 0 atom stereocenters. The van der Waals surface area contributed by atoms with E-state index in [-0.39, 0.29) is 17.8 Å². The third-order valence-corrected chi connectivity index (χ3v) is 2.95. The predicted molar refractivity (Wildman–Crippen MR) is 67.9 cm³/mol. The number of halogens is 3. The van der Waals surface area contributed by atoms with Crippen molar-refractivity contribution in [1.82, 2.24) is 14.6 Å². The number of rotatable bonds is 3. The van der Waals surface area contributed by atoms with E-state index < -0.39 is 18.2 Å². The number of aryl methyl sites for hydroxylation is 1. The monoisotopic (exact) mass is 297 g/mol. The highest BCUT2D eigenvalue weighted by Gasteiger charge is 2.27. The molecule has 0 saturated heterocycles. The summed E-state index contributed by atoms with van der Waals surface area (Å²) in [5.41, 5.74) is 0.431. The van der Waals surface area contributed by atoms with E-state index in [0.717, 1.165) is 10.6 Å². The molecule has 0 unspecified atom stereocenters. The molecule has 0 radical (unpaired) electrons. The van der Waals surface area contributed by atoms with E-state index in [1.54, 1.807) is 18.2 Å². The van der Waals surface area contributed by atoms with Crippen molar-refractivity contribution in [3.8, 4) is 11.5 Å². The Morgan fingerprint density at radius 1 is 1.33 bits per heavy atom. The normalized spacial score (nSPS) is 12.1. The second-order valence-electron chi connectivity index (χ2n) is 4.54. The minimum atomic E-state index is -4.27. The van der Waals surface area contributed by atoms with Gasteiger partial charge in [0.1, 0.15) is 5.69 Å². The second kappa shape index (κ2) is 4.80. The van der Waals surface area contributed by atoms with Gasteiger partial charge >= 0.3 is 6.18 Å². The Morgan fingerprint density at radius 2 is 2.14 bits per heavy atom. The van der Waals surface area contributed by atoms with Gasteiger partial charge in [-0.05, 0) is 18.6 Å². The summed E-state index contributed by atoms with van der Waals surface area (Å²) in [5, 5.41) is 2.79. The van der Waals surface area contributed by atoms with Gasteiger partial charge in [0.25, 0.3) is 5.56 Å². The average Bonchev–Trinajstić information content (AvgIpc) is 3.04. The molecule has 0 amide bonds. The van der Waals surface area contributed by atoms with Gasteiger partial charge in [0.2, 0.25) is 0 Å². The molecule has 0 aromatic carbocycles. The number of alkyl halides is 3. The van der Waals surface area contributed by atoms with E-state index in [0.29, 0.717) is 11.5 Å². The molecule has 21 heavy (non-hydrogen) atoms. The Kier molecular flexibility index (Phi) is 3.08. The Labute approximate surface area is 116 Å². The van der Waals surface area contributed by atoms with Gasteiger partial charge in [-0.2, -0.15) is 13.2 Å². The zero-order chi connectivity index (χ0) is 15.0. The van der Waals surface area contributed by atoms with Crippen LogP contribution in [0.4, 0.5) is 13.2 Å². The van der Waals surface area contributed by atoms with Crippen molar-refractivity contribution in [2.75, 3.05) is 0 Å². The molecule has 0 aliphatic heterocycles. The number of hydrogen-bond donors (Lipinski definition) is 1. The van der Waals surface area contributed by atoms with Gasteiger partial charge in [0.15, 0.2) is 11.4 Å². The molecule has 0 fully saturated rings. The topological polar surface area (TPSA) is 63.3 Å². The lowest BCUT2D eigenvalue weighted by Gasteiger charge is -2.05. The van der Waals surface area contributed by atoms with Crippen LogP contribution in [-0.4, -0.2) is 20.8 Å². The molecule has 1 N–H and O–H groups in total. The summed E-state index contributed by atoms with van der Waals surface area (Å²) in [6.07, 6.45) is -4.13. The first-order valence-corrected chi connectivity index (χ1v) is 6.15. The molecule has 0 saturated carbocycles. The van der Waals surface area contributed by atoms with Crippen LogP contribution in [0.2, 0.25) is 0 Å². The lowest BCUT2D eigenvalue weighted by Crippen LogP contribution is -2.17. The number of furan rings is 1. The van der Waals surface area contributed by atoms with Crippen LogP contribution in [0, 0.1) is 0 Å². The fourth-order valence-electron chi connectivity index (χ4n) is 2.00. The number of aromatic amines is 1. The summed E-state index contributed by atoms with van der Waals surface area (Å²) in [6.45, 7) is 0. The van der Waals surface area contributed by atoms with Gasteiger partial charge in [-0.3, -0.25) is 9.89 Å². The SMILES string of the molecule is O=c1cc(CCC(F)(F)F)nc2cc(-c3ccco3)[nH]n12. The summed E-state index contributed by atoms with van der Waals surface area (Å²) in [4.78, 5) is 15.9. The van der Waals surface area contributed by atoms with Crippen molar-refractivity contribution >= 4 is 5.65 Å². The van der Waals surface area contributed by atoms with Crippen LogP contribution in [0.25, 0.3) is 17.1 Å². The van der Waals surface area contributed by atoms with Gasteiger partial charge in [-0.1, -0.05) is 0 Å². The van der Waals surface area contributed by atoms with Crippen molar-refractivity contribution < 1.29 is 17.6 Å². The molecular weight excluding hydrogens is 287 g/mol. The van der Waals surface area contributed by atoms with Crippen molar-refractivity contribution in [2.24, 2.45) is 0 Å². The summed E-state index contributed by atoms with van der Waals surface area (Å²) < 4.78 is 43.0. The third-order valence-electron chi connectivity index (χ3n) is 2.95. The van der Waals surface area contributed by atoms with Crippen LogP contribution in [0.1, 0.15) is 12.1 Å².